The first-order chi connectivity index (χ1) is 13.1. The third-order valence-corrected chi connectivity index (χ3v) is 7.30. The summed E-state index contributed by atoms with van der Waals surface area (Å²) in [5, 5.41) is 10.5. The van der Waals surface area contributed by atoms with E-state index in [0.717, 1.165) is 21.9 Å². The SMILES string of the molecule is Cc1cc2nnc(SCCCS(=O)(=O)c3ccccc3)n2c2ccccc12. The Labute approximate surface area is 162 Å². The van der Waals surface area contributed by atoms with E-state index in [1.165, 1.54) is 17.1 Å². The molecule has 0 aliphatic rings. The molecule has 0 bridgehead atoms. The Morgan fingerprint density at radius 1 is 1.00 bits per heavy atom. The lowest BCUT2D eigenvalue weighted by molar-refractivity contribution is 0.595. The van der Waals surface area contributed by atoms with Crippen LogP contribution in [0.1, 0.15) is 12.0 Å². The van der Waals surface area contributed by atoms with Crippen molar-refractivity contribution in [1.82, 2.24) is 14.6 Å². The summed E-state index contributed by atoms with van der Waals surface area (Å²) in [6.45, 7) is 2.07. The number of fused-ring (bicyclic) bond motifs is 3. The fourth-order valence-electron chi connectivity index (χ4n) is 3.13. The fourth-order valence-corrected chi connectivity index (χ4v) is 5.53. The van der Waals surface area contributed by atoms with Crippen LogP contribution in [0.5, 0.6) is 0 Å². The normalized spacial score (nSPS) is 12.0. The molecule has 0 atom stereocenters. The third kappa shape index (κ3) is 3.57. The summed E-state index contributed by atoms with van der Waals surface area (Å²) < 4.78 is 26.8. The molecule has 7 heteroatoms. The first kappa shape index (κ1) is 18.0. The Balaban J connectivity index is 1.51. The molecular formula is C20H19N3O2S2. The van der Waals surface area contributed by atoms with Crippen LogP contribution in [0.4, 0.5) is 0 Å². The highest BCUT2D eigenvalue weighted by Gasteiger charge is 2.15. The molecule has 0 saturated heterocycles. The summed E-state index contributed by atoms with van der Waals surface area (Å²) in [4.78, 5) is 0.379. The molecule has 138 valence electrons. The third-order valence-electron chi connectivity index (χ3n) is 4.46. The molecule has 0 aliphatic heterocycles. The van der Waals surface area contributed by atoms with E-state index >= 15 is 0 Å². The second kappa shape index (κ2) is 7.32. The molecule has 0 unspecified atom stereocenters. The highest BCUT2D eigenvalue weighted by molar-refractivity contribution is 7.99. The molecule has 0 saturated carbocycles. The molecule has 0 aliphatic carbocycles. The lowest BCUT2D eigenvalue weighted by atomic mass is 10.1. The number of aryl methyl sites for hydroxylation is 1. The number of aromatic nitrogens is 3. The summed E-state index contributed by atoms with van der Waals surface area (Å²) >= 11 is 1.54. The Morgan fingerprint density at radius 3 is 2.56 bits per heavy atom. The topological polar surface area (TPSA) is 64.3 Å². The van der Waals surface area contributed by atoms with E-state index < -0.39 is 9.84 Å². The van der Waals surface area contributed by atoms with Crippen LogP contribution < -0.4 is 0 Å². The van der Waals surface area contributed by atoms with Crippen LogP contribution in [-0.2, 0) is 9.84 Å². The minimum absolute atomic E-state index is 0.126. The van der Waals surface area contributed by atoms with E-state index in [9.17, 15) is 8.42 Å². The van der Waals surface area contributed by atoms with Crippen molar-refractivity contribution in [3.8, 4) is 0 Å². The highest BCUT2D eigenvalue weighted by Crippen LogP contribution is 2.26. The van der Waals surface area contributed by atoms with Gasteiger partial charge in [-0.05, 0) is 43.2 Å². The number of para-hydroxylation sites is 1. The van der Waals surface area contributed by atoms with Crippen LogP contribution in [0, 0.1) is 6.92 Å². The van der Waals surface area contributed by atoms with Crippen LogP contribution in [0.3, 0.4) is 0 Å². The van der Waals surface area contributed by atoms with Gasteiger partial charge in [0.05, 0.1) is 16.2 Å². The highest BCUT2D eigenvalue weighted by atomic mass is 32.2. The van der Waals surface area contributed by atoms with E-state index in [1.54, 1.807) is 24.3 Å². The van der Waals surface area contributed by atoms with Crippen molar-refractivity contribution < 1.29 is 8.42 Å². The van der Waals surface area contributed by atoms with Gasteiger partial charge < -0.3 is 0 Å². The number of nitrogens with zero attached hydrogens (tertiary/aromatic N) is 3. The number of pyridine rings is 1. The van der Waals surface area contributed by atoms with Gasteiger partial charge in [-0.3, -0.25) is 4.40 Å². The zero-order valence-corrected chi connectivity index (χ0v) is 16.5. The van der Waals surface area contributed by atoms with Crippen molar-refractivity contribution in [2.45, 2.75) is 23.4 Å². The van der Waals surface area contributed by atoms with Crippen molar-refractivity contribution >= 4 is 38.1 Å². The number of hydrogen-bond acceptors (Lipinski definition) is 5. The lowest BCUT2D eigenvalue weighted by Crippen LogP contribution is -2.07. The Kier molecular flexibility index (Phi) is 4.88. The zero-order valence-electron chi connectivity index (χ0n) is 14.9. The van der Waals surface area contributed by atoms with Crippen LogP contribution >= 0.6 is 11.8 Å². The van der Waals surface area contributed by atoms with Gasteiger partial charge in [0.15, 0.2) is 20.6 Å². The van der Waals surface area contributed by atoms with Crippen LogP contribution in [-0.4, -0.2) is 34.5 Å². The van der Waals surface area contributed by atoms with Crippen LogP contribution in [0.15, 0.2) is 70.7 Å². The smallest absolute Gasteiger partial charge is 0.196 e. The van der Waals surface area contributed by atoms with Crippen LogP contribution in [0.25, 0.3) is 16.6 Å². The van der Waals surface area contributed by atoms with Gasteiger partial charge in [0.2, 0.25) is 0 Å². The van der Waals surface area contributed by atoms with Crippen molar-refractivity contribution in [1.29, 1.82) is 0 Å². The standard InChI is InChI=1S/C20H19N3O2S2/c1-15-14-19-21-22-20(23(19)18-11-6-5-10-17(15)18)26-12-7-13-27(24,25)16-8-3-2-4-9-16/h2-6,8-11,14H,7,12-13H2,1H3. The predicted octanol–water partition coefficient (Wildman–Crippen LogP) is 4.15. The molecule has 0 radical (unpaired) electrons. The van der Waals surface area contributed by atoms with Crippen molar-refractivity contribution in [3.63, 3.8) is 0 Å². The molecule has 2 heterocycles. The van der Waals surface area contributed by atoms with E-state index in [4.69, 9.17) is 0 Å². The van der Waals surface area contributed by atoms with Crippen molar-refractivity contribution in [2.24, 2.45) is 0 Å². The molecule has 2 aromatic heterocycles. The maximum Gasteiger partial charge on any atom is 0.196 e. The average molecular weight is 398 g/mol. The van der Waals surface area contributed by atoms with Gasteiger partial charge in [-0.2, -0.15) is 0 Å². The minimum atomic E-state index is -3.24. The molecule has 5 nitrogen and oxygen atoms in total. The molecule has 0 spiro atoms. The maximum absolute atomic E-state index is 12.4. The Morgan fingerprint density at radius 2 is 1.74 bits per heavy atom. The van der Waals surface area contributed by atoms with E-state index in [1.807, 2.05) is 28.7 Å². The number of thioether (sulfide) groups is 1. The van der Waals surface area contributed by atoms with Gasteiger partial charge in [-0.1, -0.05) is 48.2 Å². The van der Waals surface area contributed by atoms with Crippen molar-refractivity contribution in [3.05, 3.63) is 66.2 Å². The first-order valence-corrected chi connectivity index (χ1v) is 11.3. The molecule has 0 amide bonds. The van der Waals surface area contributed by atoms with Crippen LogP contribution in [0.2, 0.25) is 0 Å². The minimum Gasteiger partial charge on any atom is -0.270 e. The molecular weight excluding hydrogens is 378 g/mol. The summed E-state index contributed by atoms with van der Waals surface area (Å²) in [5.74, 6) is 0.787. The lowest BCUT2D eigenvalue weighted by Gasteiger charge is -2.07. The maximum atomic E-state index is 12.4. The number of hydrogen-bond donors (Lipinski definition) is 0. The summed E-state index contributed by atoms with van der Waals surface area (Å²) in [6.07, 6.45) is 0.556. The second-order valence-corrected chi connectivity index (χ2v) is 9.53. The Bertz CT molecular complexity index is 1200. The number of sulfone groups is 1. The van der Waals surface area contributed by atoms with Gasteiger partial charge >= 0.3 is 0 Å². The second-order valence-electron chi connectivity index (χ2n) is 6.35. The monoisotopic (exact) mass is 397 g/mol. The molecule has 4 aromatic rings. The van der Waals surface area contributed by atoms with Gasteiger partial charge in [0.25, 0.3) is 0 Å². The average Bonchev–Trinajstić information content (AvgIpc) is 3.09. The van der Waals surface area contributed by atoms with Gasteiger partial charge in [0.1, 0.15) is 0 Å². The fraction of sp³-hybridized carbons (Fsp3) is 0.200. The van der Waals surface area contributed by atoms with Gasteiger partial charge in [0, 0.05) is 11.1 Å². The zero-order chi connectivity index (χ0) is 18.9. The van der Waals surface area contributed by atoms with E-state index in [2.05, 4.69) is 29.3 Å². The molecule has 4 rings (SSSR count). The van der Waals surface area contributed by atoms with Crippen molar-refractivity contribution in [2.75, 3.05) is 11.5 Å². The number of rotatable bonds is 6. The Hall–Kier alpha value is -2.38. The molecule has 27 heavy (non-hydrogen) atoms. The predicted molar refractivity (Wildman–Crippen MR) is 109 cm³/mol. The summed E-state index contributed by atoms with van der Waals surface area (Å²) in [6, 6.07) is 18.8. The number of benzene rings is 2. The molecule has 0 N–H and O–H groups in total. The molecule has 2 aromatic carbocycles. The quantitative estimate of drug-likeness (QED) is 0.361. The summed E-state index contributed by atoms with van der Waals surface area (Å²) in [7, 11) is -3.24. The van der Waals surface area contributed by atoms with E-state index in [-0.39, 0.29) is 5.75 Å². The largest absolute Gasteiger partial charge is 0.270 e. The summed E-state index contributed by atoms with van der Waals surface area (Å²) in [5.41, 5.74) is 3.04. The van der Waals surface area contributed by atoms with Gasteiger partial charge in [-0.25, -0.2) is 8.42 Å². The van der Waals surface area contributed by atoms with Gasteiger partial charge in [-0.15, -0.1) is 10.2 Å². The first-order valence-electron chi connectivity index (χ1n) is 8.70. The van der Waals surface area contributed by atoms with E-state index in [0.29, 0.717) is 17.1 Å². The molecule has 0 fully saturated rings.